The quantitative estimate of drug-likeness (QED) is 0.443. The third kappa shape index (κ3) is 4.06. The minimum atomic E-state index is -0.0112. The van der Waals surface area contributed by atoms with Crippen molar-refractivity contribution in [1.29, 1.82) is 0 Å². The molecule has 0 fully saturated rings. The van der Waals surface area contributed by atoms with Gasteiger partial charge in [-0.05, 0) is 36.2 Å². The Morgan fingerprint density at radius 3 is 2.61 bits per heavy atom. The van der Waals surface area contributed by atoms with Gasteiger partial charge < -0.3 is 0 Å². The normalized spacial score (nSPS) is 10.9. The Labute approximate surface area is 172 Å². The molecule has 0 atom stereocenters. The molecule has 0 N–H and O–H groups in total. The van der Waals surface area contributed by atoms with Gasteiger partial charge in [0.25, 0.3) is 0 Å². The van der Waals surface area contributed by atoms with Crippen LogP contribution in [0.15, 0.2) is 67.0 Å². The lowest BCUT2D eigenvalue weighted by atomic mass is 10.1. The molecule has 0 bridgehead atoms. The number of halogens is 1. The first kappa shape index (κ1) is 18.6. The van der Waals surface area contributed by atoms with E-state index in [0.717, 1.165) is 21.3 Å². The van der Waals surface area contributed by atoms with Crippen LogP contribution >= 0.6 is 22.9 Å². The molecule has 6 heteroatoms. The molecule has 0 saturated heterocycles. The lowest BCUT2D eigenvalue weighted by molar-refractivity contribution is -0.118. The number of hydrogen-bond donors (Lipinski definition) is 0. The lowest BCUT2D eigenvalue weighted by Gasteiger charge is -2.20. The molecule has 4 nitrogen and oxygen atoms in total. The van der Waals surface area contributed by atoms with E-state index >= 15 is 0 Å². The van der Waals surface area contributed by atoms with E-state index in [1.165, 1.54) is 16.9 Å². The number of carbonyl (C=O) groups is 1. The zero-order valence-electron chi connectivity index (χ0n) is 15.3. The van der Waals surface area contributed by atoms with E-state index in [0.29, 0.717) is 23.1 Å². The van der Waals surface area contributed by atoms with Crippen molar-refractivity contribution in [3.8, 4) is 0 Å². The molecule has 1 amide bonds. The first-order valence-electron chi connectivity index (χ1n) is 8.90. The van der Waals surface area contributed by atoms with Gasteiger partial charge in [-0.2, -0.15) is 0 Å². The predicted octanol–water partition coefficient (Wildman–Crippen LogP) is 5.43. The van der Waals surface area contributed by atoms with E-state index in [9.17, 15) is 4.79 Å². The second-order valence-corrected chi connectivity index (χ2v) is 8.00. The van der Waals surface area contributed by atoms with Gasteiger partial charge in [-0.1, -0.05) is 64.9 Å². The van der Waals surface area contributed by atoms with Crippen molar-refractivity contribution in [2.45, 2.75) is 19.9 Å². The van der Waals surface area contributed by atoms with Gasteiger partial charge in [0.05, 0.1) is 22.7 Å². The maximum Gasteiger partial charge on any atom is 0.233 e. The van der Waals surface area contributed by atoms with Crippen molar-refractivity contribution in [2.75, 3.05) is 4.90 Å². The number of rotatable bonds is 5. The molecule has 2 aromatic carbocycles. The Hall–Kier alpha value is -2.76. The second-order valence-electron chi connectivity index (χ2n) is 6.59. The van der Waals surface area contributed by atoms with Crippen molar-refractivity contribution in [3.05, 3.63) is 88.7 Å². The summed E-state index contributed by atoms with van der Waals surface area (Å²) in [6.07, 6.45) is 3.80. The predicted molar refractivity (Wildman–Crippen MR) is 115 cm³/mol. The Balaban J connectivity index is 1.69. The molecule has 4 aromatic rings. The zero-order chi connectivity index (χ0) is 19.5. The molecule has 0 aliphatic heterocycles. The van der Waals surface area contributed by atoms with Crippen molar-refractivity contribution in [2.24, 2.45) is 0 Å². The Morgan fingerprint density at radius 1 is 1.07 bits per heavy atom. The van der Waals surface area contributed by atoms with E-state index in [2.05, 4.69) is 9.97 Å². The van der Waals surface area contributed by atoms with Crippen molar-refractivity contribution in [3.63, 3.8) is 0 Å². The summed E-state index contributed by atoms with van der Waals surface area (Å²) in [4.78, 5) is 23.7. The van der Waals surface area contributed by atoms with Crippen LogP contribution in [0.3, 0.4) is 0 Å². The molecule has 0 radical (unpaired) electrons. The van der Waals surface area contributed by atoms with Crippen LogP contribution in [0.5, 0.6) is 0 Å². The lowest BCUT2D eigenvalue weighted by Crippen LogP contribution is -2.31. The zero-order valence-corrected chi connectivity index (χ0v) is 16.9. The van der Waals surface area contributed by atoms with E-state index in [1.54, 1.807) is 17.3 Å². The van der Waals surface area contributed by atoms with Gasteiger partial charge in [0.1, 0.15) is 5.52 Å². The van der Waals surface area contributed by atoms with Gasteiger partial charge >= 0.3 is 0 Å². The number of amides is 1. The topological polar surface area (TPSA) is 46.1 Å². The number of pyridine rings is 1. The van der Waals surface area contributed by atoms with Gasteiger partial charge in [-0.25, -0.2) is 4.98 Å². The summed E-state index contributed by atoms with van der Waals surface area (Å²) >= 11 is 7.76. The highest BCUT2D eigenvalue weighted by atomic mass is 35.5. The van der Waals surface area contributed by atoms with E-state index in [1.807, 2.05) is 61.5 Å². The summed E-state index contributed by atoms with van der Waals surface area (Å²) in [6.45, 7) is 2.45. The van der Waals surface area contributed by atoms with Gasteiger partial charge in [-0.15, -0.1) is 0 Å². The van der Waals surface area contributed by atoms with E-state index in [-0.39, 0.29) is 5.91 Å². The van der Waals surface area contributed by atoms with E-state index < -0.39 is 0 Å². The molecule has 4 rings (SSSR count). The standard InChI is InChI=1S/C22H18ClN3OS/c1-15-7-9-16(10-8-15)12-20(27)26(14-17-4-3-11-24-13-17)22-25-21-18(23)5-2-6-19(21)28-22/h2-11,13H,12,14H2,1H3. The molecule has 0 spiro atoms. The van der Waals surface area contributed by atoms with Crippen LogP contribution in [0.25, 0.3) is 10.2 Å². The summed E-state index contributed by atoms with van der Waals surface area (Å²) < 4.78 is 0.960. The fourth-order valence-corrected chi connectivity index (χ4v) is 4.21. The number of aryl methyl sites for hydroxylation is 1. The Kier molecular flexibility index (Phi) is 5.37. The van der Waals surface area contributed by atoms with Crippen molar-refractivity contribution >= 4 is 44.2 Å². The molecule has 2 aromatic heterocycles. The molecule has 0 saturated carbocycles. The third-order valence-corrected chi connectivity index (χ3v) is 5.78. The monoisotopic (exact) mass is 407 g/mol. The third-order valence-electron chi connectivity index (χ3n) is 4.43. The molecule has 140 valence electrons. The maximum atomic E-state index is 13.2. The molecule has 2 heterocycles. The highest BCUT2D eigenvalue weighted by Gasteiger charge is 2.21. The molecular weight excluding hydrogens is 390 g/mol. The number of thiazole rings is 1. The minimum Gasteiger partial charge on any atom is -0.283 e. The minimum absolute atomic E-state index is 0.0112. The van der Waals surface area contributed by atoms with Gasteiger partial charge in [0.15, 0.2) is 5.13 Å². The first-order valence-corrected chi connectivity index (χ1v) is 10.1. The van der Waals surface area contributed by atoms with Crippen LogP contribution in [0.2, 0.25) is 5.02 Å². The molecule has 28 heavy (non-hydrogen) atoms. The van der Waals surface area contributed by atoms with Crippen LogP contribution in [0, 0.1) is 6.92 Å². The highest BCUT2D eigenvalue weighted by Crippen LogP contribution is 2.33. The number of anilines is 1. The number of carbonyl (C=O) groups excluding carboxylic acids is 1. The summed E-state index contributed by atoms with van der Waals surface area (Å²) in [7, 11) is 0. The summed E-state index contributed by atoms with van der Waals surface area (Å²) in [5, 5.41) is 1.23. The number of benzene rings is 2. The van der Waals surface area contributed by atoms with Crippen molar-refractivity contribution in [1.82, 2.24) is 9.97 Å². The van der Waals surface area contributed by atoms with Crippen LogP contribution in [-0.4, -0.2) is 15.9 Å². The van der Waals surface area contributed by atoms with Crippen LogP contribution in [-0.2, 0) is 17.8 Å². The second kappa shape index (κ2) is 8.09. The summed E-state index contributed by atoms with van der Waals surface area (Å²) in [6, 6.07) is 17.5. The average molecular weight is 408 g/mol. The SMILES string of the molecule is Cc1ccc(CC(=O)N(Cc2cccnc2)c2nc3c(Cl)cccc3s2)cc1. The Bertz CT molecular complexity index is 1110. The first-order chi connectivity index (χ1) is 13.6. The fraction of sp³-hybridized carbons (Fsp3) is 0.136. The fourth-order valence-electron chi connectivity index (χ4n) is 2.93. The number of hydrogen-bond acceptors (Lipinski definition) is 4. The van der Waals surface area contributed by atoms with E-state index in [4.69, 9.17) is 11.6 Å². The van der Waals surface area contributed by atoms with Gasteiger partial charge in [-0.3, -0.25) is 14.7 Å². The maximum absolute atomic E-state index is 13.2. The highest BCUT2D eigenvalue weighted by molar-refractivity contribution is 7.22. The number of nitrogens with zero attached hydrogens (tertiary/aromatic N) is 3. The van der Waals surface area contributed by atoms with Crippen LogP contribution in [0.1, 0.15) is 16.7 Å². The van der Waals surface area contributed by atoms with Crippen LogP contribution < -0.4 is 4.90 Å². The van der Waals surface area contributed by atoms with Gasteiger partial charge in [0, 0.05) is 12.4 Å². The molecule has 0 unspecified atom stereocenters. The van der Waals surface area contributed by atoms with Crippen molar-refractivity contribution < 1.29 is 4.79 Å². The van der Waals surface area contributed by atoms with Crippen LogP contribution in [0.4, 0.5) is 5.13 Å². The average Bonchev–Trinajstić information content (AvgIpc) is 3.14. The smallest absolute Gasteiger partial charge is 0.233 e. The number of aromatic nitrogens is 2. The number of fused-ring (bicyclic) bond motifs is 1. The largest absolute Gasteiger partial charge is 0.283 e. The number of para-hydroxylation sites is 1. The van der Waals surface area contributed by atoms with Gasteiger partial charge in [0.2, 0.25) is 5.91 Å². The Morgan fingerprint density at radius 2 is 1.89 bits per heavy atom. The summed E-state index contributed by atoms with van der Waals surface area (Å²) in [5.41, 5.74) is 3.82. The summed E-state index contributed by atoms with van der Waals surface area (Å²) in [5.74, 6) is -0.0112. The molecular formula is C22H18ClN3OS. The molecule has 0 aliphatic carbocycles. The molecule has 0 aliphatic rings.